The molecule has 1 aliphatic rings. The molecule has 0 unspecified atom stereocenters. The minimum Gasteiger partial charge on any atom is -0.497 e. The van der Waals surface area contributed by atoms with Crippen molar-refractivity contribution in [2.24, 2.45) is 0 Å². The van der Waals surface area contributed by atoms with Crippen LogP contribution in [0.4, 0.5) is 0 Å². The molecule has 1 aromatic heterocycles. The number of H-pyrrole nitrogens is 1. The number of hydrogen-bond acceptors (Lipinski definition) is 4. The fourth-order valence-corrected chi connectivity index (χ4v) is 5.30. The first-order chi connectivity index (χ1) is 12.9. The lowest BCUT2D eigenvalue weighted by Crippen LogP contribution is -2.36. The van der Waals surface area contributed by atoms with Gasteiger partial charge in [0, 0.05) is 23.1 Å². The molecule has 0 atom stereocenters. The Kier molecular flexibility index (Phi) is 4.36. The second-order valence-corrected chi connectivity index (χ2v) is 8.64. The fraction of sp³-hybridized carbons (Fsp3) is 0.300. The highest BCUT2D eigenvalue weighted by Gasteiger charge is 2.32. The lowest BCUT2D eigenvalue weighted by molar-refractivity contribution is 0.376. The molecule has 2 heterocycles. The average molecular weight is 386 g/mol. The van der Waals surface area contributed by atoms with Gasteiger partial charge in [-0.15, -0.1) is 0 Å². The van der Waals surface area contributed by atoms with Crippen molar-refractivity contribution >= 4 is 20.9 Å². The third-order valence-corrected chi connectivity index (χ3v) is 6.95. The summed E-state index contributed by atoms with van der Waals surface area (Å²) >= 11 is 0. The molecular formula is C20H22N2O4S. The molecule has 6 nitrogen and oxygen atoms in total. The van der Waals surface area contributed by atoms with E-state index in [1.54, 1.807) is 19.2 Å². The zero-order chi connectivity index (χ0) is 19.2. The van der Waals surface area contributed by atoms with Gasteiger partial charge in [-0.05, 0) is 54.8 Å². The van der Waals surface area contributed by atoms with Crippen molar-refractivity contribution in [2.75, 3.05) is 20.8 Å². The number of sulfonamides is 1. The summed E-state index contributed by atoms with van der Waals surface area (Å²) in [6, 6.07) is 11.1. The van der Waals surface area contributed by atoms with Crippen LogP contribution in [0.5, 0.6) is 11.5 Å². The van der Waals surface area contributed by atoms with Gasteiger partial charge in [0.2, 0.25) is 10.0 Å². The van der Waals surface area contributed by atoms with E-state index in [2.05, 4.69) is 4.98 Å². The standard InChI is InChI=1S/C20H22N2O4S/c1-13-4-7-19(26-3)20(10-13)27(23,24)22-9-8-15-16-11-14(25-2)5-6-17(16)21-18(15)12-22/h4-7,10-11,21H,8-9,12H2,1-3H3. The van der Waals surface area contributed by atoms with E-state index in [1.165, 1.54) is 11.4 Å². The molecule has 3 aromatic rings. The minimum absolute atomic E-state index is 0.214. The van der Waals surface area contributed by atoms with E-state index in [0.717, 1.165) is 33.5 Å². The number of rotatable bonds is 4. The number of benzene rings is 2. The van der Waals surface area contributed by atoms with Crippen LogP contribution in [0.15, 0.2) is 41.3 Å². The molecule has 0 radical (unpaired) electrons. The topological polar surface area (TPSA) is 71.6 Å². The van der Waals surface area contributed by atoms with Crippen LogP contribution in [-0.2, 0) is 23.0 Å². The number of methoxy groups -OCH3 is 2. The summed E-state index contributed by atoms with van der Waals surface area (Å²) in [4.78, 5) is 3.58. The van der Waals surface area contributed by atoms with Crippen LogP contribution in [0.25, 0.3) is 10.9 Å². The molecule has 0 saturated carbocycles. The molecule has 4 rings (SSSR count). The van der Waals surface area contributed by atoms with Crippen molar-refractivity contribution in [2.45, 2.75) is 24.8 Å². The molecule has 7 heteroatoms. The molecule has 1 aliphatic heterocycles. The highest BCUT2D eigenvalue weighted by molar-refractivity contribution is 7.89. The van der Waals surface area contributed by atoms with Crippen LogP contribution in [0.1, 0.15) is 16.8 Å². The van der Waals surface area contributed by atoms with Crippen molar-refractivity contribution in [1.82, 2.24) is 9.29 Å². The first-order valence-electron chi connectivity index (χ1n) is 8.76. The molecule has 0 fully saturated rings. The van der Waals surface area contributed by atoms with Crippen molar-refractivity contribution in [3.05, 3.63) is 53.2 Å². The van der Waals surface area contributed by atoms with Gasteiger partial charge < -0.3 is 14.5 Å². The first kappa shape index (κ1) is 17.9. The number of aryl methyl sites for hydroxylation is 1. The van der Waals surface area contributed by atoms with E-state index in [1.807, 2.05) is 31.2 Å². The maximum atomic E-state index is 13.3. The summed E-state index contributed by atoms with van der Waals surface area (Å²) in [5.41, 5.74) is 3.96. The number of aromatic nitrogens is 1. The van der Waals surface area contributed by atoms with Gasteiger partial charge in [0.05, 0.1) is 20.8 Å². The normalized spacial score (nSPS) is 14.9. The Morgan fingerprint density at radius 2 is 1.89 bits per heavy atom. The monoisotopic (exact) mass is 386 g/mol. The summed E-state index contributed by atoms with van der Waals surface area (Å²) in [5.74, 6) is 1.16. The number of fused-ring (bicyclic) bond motifs is 3. The lowest BCUT2D eigenvalue weighted by atomic mass is 10.0. The quantitative estimate of drug-likeness (QED) is 0.747. The lowest BCUT2D eigenvalue weighted by Gasteiger charge is -2.27. The second-order valence-electron chi connectivity index (χ2n) is 6.74. The van der Waals surface area contributed by atoms with Crippen molar-refractivity contribution < 1.29 is 17.9 Å². The van der Waals surface area contributed by atoms with Gasteiger partial charge in [-0.25, -0.2) is 8.42 Å². The molecule has 0 amide bonds. The van der Waals surface area contributed by atoms with Crippen molar-refractivity contribution in [1.29, 1.82) is 0 Å². The summed E-state index contributed by atoms with van der Waals surface area (Å²) < 4.78 is 38.6. The zero-order valence-corrected chi connectivity index (χ0v) is 16.4. The summed E-state index contributed by atoms with van der Waals surface area (Å²) in [6.07, 6.45) is 0.649. The molecular weight excluding hydrogens is 364 g/mol. The van der Waals surface area contributed by atoms with Crippen molar-refractivity contribution in [3.63, 3.8) is 0 Å². The largest absolute Gasteiger partial charge is 0.497 e. The Morgan fingerprint density at radius 1 is 1.07 bits per heavy atom. The van der Waals surface area contributed by atoms with Gasteiger partial charge >= 0.3 is 0 Å². The molecule has 0 bridgehead atoms. The van der Waals surface area contributed by atoms with Gasteiger partial charge in [0.25, 0.3) is 0 Å². The van der Waals surface area contributed by atoms with Crippen molar-refractivity contribution in [3.8, 4) is 11.5 Å². The Balaban J connectivity index is 1.73. The van der Waals surface area contributed by atoms with E-state index in [4.69, 9.17) is 9.47 Å². The van der Waals surface area contributed by atoms with Gasteiger partial charge in [0.1, 0.15) is 16.4 Å². The van der Waals surface area contributed by atoms with E-state index in [9.17, 15) is 8.42 Å². The van der Waals surface area contributed by atoms with Crippen LogP contribution in [0.3, 0.4) is 0 Å². The van der Waals surface area contributed by atoms with Gasteiger partial charge in [-0.1, -0.05) is 6.07 Å². The van der Waals surface area contributed by atoms with E-state index in [-0.39, 0.29) is 4.90 Å². The summed E-state index contributed by atoms with van der Waals surface area (Å²) in [6.45, 7) is 2.61. The molecule has 2 aromatic carbocycles. The smallest absolute Gasteiger partial charge is 0.247 e. The van der Waals surface area contributed by atoms with Crippen LogP contribution in [0, 0.1) is 6.92 Å². The zero-order valence-electron chi connectivity index (χ0n) is 15.6. The van der Waals surface area contributed by atoms with Crippen LogP contribution < -0.4 is 9.47 Å². The Labute approximate surface area is 158 Å². The third-order valence-electron chi connectivity index (χ3n) is 5.08. The number of hydrogen-bond donors (Lipinski definition) is 1. The maximum absolute atomic E-state index is 13.3. The predicted molar refractivity (Wildman–Crippen MR) is 104 cm³/mol. The van der Waals surface area contributed by atoms with Crippen LogP contribution in [-0.4, -0.2) is 38.5 Å². The Morgan fingerprint density at radius 3 is 2.63 bits per heavy atom. The molecule has 0 spiro atoms. The minimum atomic E-state index is -3.66. The molecule has 0 saturated heterocycles. The summed E-state index contributed by atoms with van der Waals surface area (Å²) in [7, 11) is -0.525. The average Bonchev–Trinajstić information content (AvgIpc) is 3.04. The SMILES string of the molecule is COc1ccc2[nH]c3c(c2c1)CCN(S(=O)(=O)c1cc(C)ccc1OC)C3. The number of ether oxygens (including phenoxy) is 2. The molecule has 0 aliphatic carbocycles. The molecule has 1 N–H and O–H groups in total. The van der Waals surface area contributed by atoms with E-state index < -0.39 is 10.0 Å². The Bertz CT molecular complexity index is 1120. The molecule has 27 heavy (non-hydrogen) atoms. The van der Waals surface area contributed by atoms with E-state index in [0.29, 0.717) is 25.3 Å². The highest BCUT2D eigenvalue weighted by Crippen LogP contribution is 2.34. The molecule has 142 valence electrons. The number of nitrogens with one attached hydrogen (secondary N) is 1. The van der Waals surface area contributed by atoms with Gasteiger partial charge in [0.15, 0.2) is 0 Å². The van der Waals surface area contributed by atoms with Gasteiger partial charge in [-0.3, -0.25) is 0 Å². The first-order valence-corrected chi connectivity index (χ1v) is 10.2. The predicted octanol–water partition coefficient (Wildman–Crippen LogP) is 3.24. The Hall–Kier alpha value is -2.51. The third kappa shape index (κ3) is 2.96. The second kappa shape index (κ2) is 6.58. The number of nitrogens with zero attached hydrogens (tertiary/aromatic N) is 1. The maximum Gasteiger partial charge on any atom is 0.247 e. The van der Waals surface area contributed by atoms with E-state index >= 15 is 0 Å². The highest BCUT2D eigenvalue weighted by atomic mass is 32.2. The summed E-state index contributed by atoms with van der Waals surface area (Å²) in [5, 5.41) is 1.09. The fourth-order valence-electron chi connectivity index (χ4n) is 3.65. The van der Waals surface area contributed by atoms with Crippen LogP contribution in [0.2, 0.25) is 0 Å². The number of aromatic amines is 1. The van der Waals surface area contributed by atoms with Gasteiger partial charge in [-0.2, -0.15) is 4.31 Å². The van der Waals surface area contributed by atoms with Crippen LogP contribution >= 0.6 is 0 Å².